The van der Waals surface area contributed by atoms with Crippen molar-refractivity contribution in [3.8, 4) is 16.4 Å². The summed E-state index contributed by atoms with van der Waals surface area (Å²) in [5.74, 6) is 0.199. The fourth-order valence-electron chi connectivity index (χ4n) is 2.76. The van der Waals surface area contributed by atoms with Gasteiger partial charge in [-0.25, -0.2) is 19.3 Å². The van der Waals surface area contributed by atoms with Gasteiger partial charge in [-0.15, -0.1) is 16.4 Å². The molecule has 3 aromatic heterocycles. The van der Waals surface area contributed by atoms with Gasteiger partial charge in [0.25, 0.3) is 11.5 Å². The fraction of sp³-hybridized carbons (Fsp3) is 0.158. The lowest BCUT2D eigenvalue weighted by molar-refractivity contribution is 0.0955. The van der Waals surface area contributed by atoms with Crippen molar-refractivity contribution in [1.29, 1.82) is 0 Å². The minimum Gasteiger partial charge on any atom is -0.349 e. The highest BCUT2D eigenvalue weighted by molar-refractivity contribution is 7.17. The molecule has 1 aromatic carbocycles. The van der Waals surface area contributed by atoms with E-state index in [0.29, 0.717) is 26.4 Å². The number of nitrogens with zero attached hydrogens (tertiary/aromatic N) is 6. The van der Waals surface area contributed by atoms with Gasteiger partial charge in [-0.05, 0) is 19.1 Å². The Bertz CT molecular complexity index is 1250. The summed E-state index contributed by atoms with van der Waals surface area (Å²) in [6.45, 7) is 2.22. The van der Waals surface area contributed by atoms with Crippen LogP contribution in [0.5, 0.6) is 0 Å². The molecule has 0 bridgehead atoms. The molecule has 152 valence electrons. The third-order valence-corrected chi connectivity index (χ3v) is 5.74. The average Bonchev–Trinajstić information content (AvgIpc) is 3.40. The van der Waals surface area contributed by atoms with E-state index in [1.807, 2.05) is 18.2 Å². The Balaban J connectivity index is 1.44. The largest absolute Gasteiger partial charge is 0.349 e. The first-order valence-electron chi connectivity index (χ1n) is 8.96. The Morgan fingerprint density at radius 2 is 2.07 bits per heavy atom. The summed E-state index contributed by atoms with van der Waals surface area (Å²) >= 11 is 7.51. The molecule has 3 heterocycles. The van der Waals surface area contributed by atoms with Crippen molar-refractivity contribution in [2.24, 2.45) is 0 Å². The molecule has 11 heteroatoms. The normalized spacial score (nSPS) is 10.9. The Kier molecular flexibility index (Phi) is 5.68. The van der Waals surface area contributed by atoms with Crippen LogP contribution in [0.2, 0.25) is 5.02 Å². The van der Waals surface area contributed by atoms with Gasteiger partial charge in [-0.2, -0.15) is 5.10 Å². The average molecular weight is 442 g/mol. The molecule has 30 heavy (non-hydrogen) atoms. The molecule has 9 nitrogen and oxygen atoms in total. The van der Waals surface area contributed by atoms with E-state index in [-0.39, 0.29) is 24.6 Å². The second kappa shape index (κ2) is 8.56. The number of carbonyl (C=O) groups is 1. The first kappa shape index (κ1) is 19.9. The number of rotatable bonds is 6. The Labute approximate surface area is 180 Å². The minimum absolute atomic E-state index is 0.211. The lowest BCUT2D eigenvalue weighted by atomic mass is 10.2. The van der Waals surface area contributed by atoms with Gasteiger partial charge in [-0.1, -0.05) is 29.8 Å². The number of thiazole rings is 1. The number of aromatic nitrogens is 6. The second-order valence-electron chi connectivity index (χ2n) is 6.26. The zero-order valence-corrected chi connectivity index (χ0v) is 17.4. The van der Waals surface area contributed by atoms with Crippen LogP contribution >= 0.6 is 22.9 Å². The van der Waals surface area contributed by atoms with E-state index < -0.39 is 0 Å². The molecule has 0 aliphatic carbocycles. The summed E-state index contributed by atoms with van der Waals surface area (Å²) in [7, 11) is 0. The highest BCUT2D eigenvalue weighted by atomic mass is 35.5. The molecule has 4 rings (SSSR count). The maximum atomic E-state index is 12.6. The number of carbonyl (C=O) groups excluding carboxylic acids is 1. The summed E-state index contributed by atoms with van der Waals surface area (Å²) in [6, 6.07) is 10.3. The van der Waals surface area contributed by atoms with Gasteiger partial charge in [0.05, 0.1) is 17.3 Å². The highest BCUT2D eigenvalue weighted by Gasteiger charge is 2.17. The van der Waals surface area contributed by atoms with E-state index in [0.717, 1.165) is 5.56 Å². The summed E-state index contributed by atoms with van der Waals surface area (Å²) in [5.41, 5.74) is 1.13. The summed E-state index contributed by atoms with van der Waals surface area (Å²) in [6.07, 6.45) is 2.87. The first-order valence-corrected chi connectivity index (χ1v) is 10.2. The van der Waals surface area contributed by atoms with Gasteiger partial charge in [-0.3, -0.25) is 9.59 Å². The zero-order valence-electron chi connectivity index (χ0n) is 15.8. The molecule has 0 radical (unpaired) electrons. The Morgan fingerprint density at radius 3 is 2.83 bits per heavy atom. The van der Waals surface area contributed by atoms with E-state index in [2.05, 4.69) is 25.5 Å². The molecule has 1 amide bonds. The van der Waals surface area contributed by atoms with Gasteiger partial charge < -0.3 is 5.32 Å². The van der Waals surface area contributed by atoms with Gasteiger partial charge in [0.2, 0.25) is 0 Å². The molecule has 0 unspecified atom stereocenters. The van der Waals surface area contributed by atoms with Gasteiger partial charge in [0, 0.05) is 18.2 Å². The van der Waals surface area contributed by atoms with E-state index in [1.165, 1.54) is 39.4 Å². The molecule has 0 aliphatic heterocycles. The van der Waals surface area contributed by atoms with Crippen molar-refractivity contribution < 1.29 is 4.79 Å². The number of benzene rings is 1. The molecule has 0 fully saturated rings. The van der Waals surface area contributed by atoms with Crippen molar-refractivity contribution in [1.82, 2.24) is 34.8 Å². The van der Waals surface area contributed by atoms with Crippen molar-refractivity contribution in [3.63, 3.8) is 0 Å². The minimum atomic E-state index is -0.275. The molecular formula is C19H16ClN7O2S. The van der Waals surface area contributed by atoms with Crippen LogP contribution in [-0.4, -0.2) is 42.0 Å². The van der Waals surface area contributed by atoms with Gasteiger partial charge in [0.1, 0.15) is 22.5 Å². The first-order chi connectivity index (χ1) is 14.5. The third kappa shape index (κ3) is 4.14. The van der Waals surface area contributed by atoms with E-state index in [1.54, 1.807) is 19.1 Å². The van der Waals surface area contributed by atoms with Crippen LogP contribution < -0.4 is 10.9 Å². The van der Waals surface area contributed by atoms with Gasteiger partial charge in [0.15, 0.2) is 5.82 Å². The van der Waals surface area contributed by atoms with Crippen molar-refractivity contribution in [2.45, 2.75) is 13.5 Å². The van der Waals surface area contributed by atoms with Crippen LogP contribution in [0.25, 0.3) is 16.4 Å². The third-order valence-electron chi connectivity index (χ3n) is 4.22. The fourth-order valence-corrected chi connectivity index (χ4v) is 4.06. The molecule has 0 aliphatic rings. The Hall–Kier alpha value is -3.37. The van der Waals surface area contributed by atoms with E-state index in [9.17, 15) is 9.59 Å². The second-order valence-corrected chi connectivity index (χ2v) is 7.67. The number of aryl methyl sites for hydroxylation is 1. The molecule has 0 saturated heterocycles. The SMILES string of the molecule is Cc1nc(-c2ccccc2Cl)sc1C(=O)NCCn1nc(-n2cncn2)ccc1=O. The number of halogens is 1. The van der Waals surface area contributed by atoms with Crippen molar-refractivity contribution in [3.05, 3.63) is 75.0 Å². The number of hydrogen-bond donors (Lipinski definition) is 1. The van der Waals surface area contributed by atoms with Crippen molar-refractivity contribution in [2.75, 3.05) is 6.54 Å². The maximum Gasteiger partial charge on any atom is 0.266 e. The van der Waals surface area contributed by atoms with Crippen LogP contribution in [0.3, 0.4) is 0 Å². The molecule has 0 atom stereocenters. The lowest BCUT2D eigenvalue weighted by Crippen LogP contribution is -2.32. The topological polar surface area (TPSA) is 108 Å². The molecule has 0 spiro atoms. The maximum absolute atomic E-state index is 12.6. The smallest absolute Gasteiger partial charge is 0.266 e. The number of nitrogens with one attached hydrogen (secondary N) is 1. The predicted octanol–water partition coefficient (Wildman–Crippen LogP) is 2.34. The van der Waals surface area contributed by atoms with Crippen LogP contribution in [-0.2, 0) is 6.54 Å². The number of hydrogen-bond acceptors (Lipinski definition) is 7. The van der Waals surface area contributed by atoms with Crippen LogP contribution in [0.4, 0.5) is 0 Å². The Morgan fingerprint density at radius 1 is 1.23 bits per heavy atom. The quantitative estimate of drug-likeness (QED) is 0.492. The van der Waals surface area contributed by atoms with Crippen LogP contribution in [0.1, 0.15) is 15.4 Å². The van der Waals surface area contributed by atoms with E-state index >= 15 is 0 Å². The molecule has 1 N–H and O–H groups in total. The zero-order chi connectivity index (χ0) is 21.1. The van der Waals surface area contributed by atoms with Crippen molar-refractivity contribution >= 4 is 28.8 Å². The molecule has 0 saturated carbocycles. The van der Waals surface area contributed by atoms with Gasteiger partial charge >= 0.3 is 0 Å². The molecular weight excluding hydrogens is 426 g/mol. The summed E-state index contributed by atoms with van der Waals surface area (Å²) in [4.78, 5) is 33.5. The van der Waals surface area contributed by atoms with Crippen LogP contribution in [0, 0.1) is 6.92 Å². The lowest BCUT2D eigenvalue weighted by Gasteiger charge is -2.07. The predicted molar refractivity (Wildman–Crippen MR) is 113 cm³/mol. The number of amides is 1. The summed E-state index contributed by atoms with van der Waals surface area (Å²) < 4.78 is 2.72. The highest BCUT2D eigenvalue weighted by Crippen LogP contribution is 2.32. The summed E-state index contributed by atoms with van der Waals surface area (Å²) in [5, 5.41) is 12.3. The standard InChI is InChI=1S/C19H16ClN7O2S/c1-12-17(30-19(24-12)13-4-2-3-5-14(13)20)18(29)22-8-9-26-16(28)7-6-15(25-26)27-11-21-10-23-27/h2-7,10-11H,8-9H2,1H3,(H,22,29). The van der Waals surface area contributed by atoms with E-state index in [4.69, 9.17) is 11.6 Å². The molecule has 4 aromatic rings. The monoisotopic (exact) mass is 441 g/mol. The van der Waals surface area contributed by atoms with Crippen LogP contribution in [0.15, 0.2) is 53.8 Å².